The zero-order valence-electron chi connectivity index (χ0n) is 20.7. The summed E-state index contributed by atoms with van der Waals surface area (Å²) in [5, 5.41) is 23.6. The number of benzene rings is 2. The van der Waals surface area contributed by atoms with Crippen molar-refractivity contribution in [2.75, 3.05) is 13.7 Å². The average Bonchev–Trinajstić information content (AvgIpc) is 3.14. The minimum absolute atomic E-state index is 0.0677. The van der Waals surface area contributed by atoms with Crippen LogP contribution in [0.15, 0.2) is 60.7 Å². The van der Waals surface area contributed by atoms with Gasteiger partial charge in [-0.1, -0.05) is 81.4 Å². The maximum absolute atomic E-state index is 12.0. The summed E-state index contributed by atoms with van der Waals surface area (Å²) in [6.45, 7) is 9.70. The SMILES string of the molecule is COC(=O)[C@H](O)[C@H]1OC(C)(C)O[C@@H]1[C@H](O)CO[Si](c1ccccc1)(c1ccccc1)C(C)(C)C. The zero-order chi connectivity index (χ0) is 25.1. The molecule has 0 radical (unpaired) electrons. The molecule has 2 aromatic carbocycles. The molecule has 8 heteroatoms. The Morgan fingerprint density at radius 1 is 0.971 bits per heavy atom. The Kier molecular flexibility index (Phi) is 8.02. The first-order valence-electron chi connectivity index (χ1n) is 11.5. The lowest BCUT2D eigenvalue weighted by molar-refractivity contribution is -0.171. The van der Waals surface area contributed by atoms with Crippen LogP contribution in [0.5, 0.6) is 0 Å². The Morgan fingerprint density at radius 3 is 1.88 bits per heavy atom. The van der Waals surface area contributed by atoms with Gasteiger partial charge in [-0.3, -0.25) is 0 Å². The number of methoxy groups -OCH3 is 1. The van der Waals surface area contributed by atoms with Gasteiger partial charge in [-0.2, -0.15) is 0 Å². The summed E-state index contributed by atoms with van der Waals surface area (Å²) in [6, 6.07) is 20.2. The molecule has 0 bridgehead atoms. The topological polar surface area (TPSA) is 94.5 Å². The number of carbonyl (C=O) groups excluding carboxylic acids is 1. The van der Waals surface area contributed by atoms with E-state index < -0.39 is 44.5 Å². The highest BCUT2D eigenvalue weighted by molar-refractivity contribution is 6.99. The van der Waals surface area contributed by atoms with Crippen LogP contribution in [-0.4, -0.2) is 68.4 Å². The molecule has 7 nitrogen and oxygen atoms in total. The first kappa shape index (κ1) is 26.5. The van der Waals surface area contributed by atoms with Crippen molar-refractivity contribution in [2.24, 2.45) is 0 Å². The van der Waals surface area contributed by atoms with E-state index in [2.05, 4.69) is 49.8 Å². The number of esters is 1. The molecule has 1 aliphatic heterocycles. The lowest BCUT2D eigenvalue weighted by Gasteiger charge is -2.43. The molecule has 1 saturated heterocycles. The largest absolute Gasteiger partial charge is 0.467 e. The second-order valence-electron chi connectivity index (χ2n) is 10.1. The van der Waals surface area contributed by atoms with Crippen molar-refractivity contribution in [3.05, 3.63) is 60.7 Å². The molecule has 0 aliphatic carbocycles. The van der Waals surface area contributed by atoms with E-state index in [1.807, 2.05) is 36.4 Å². The van der Waals surface area contributed by atoms with Gasteiger partial charge in [-0.15, -0.1) is 0 Å². The van der Waals surface area contributed by atoms with Crippen LogP contribution in [0.4, 0.5) is 0 Å². The van der Waals surface area contributed by atoms with Crippen molar-refractivity contribution in [3.8, 4) is 0 Å². The van der Waals surface area contributed by atoms with Gasteiger partial charge in [0, 0.05) is 0 Å². The van der Waals surface area contributed by atoms with Crippen molar-refractivity contribution < 1.29 is 33.6 Å². The normalized spacial score (nSPS) is 22.2. The Hall–Kier alpha value is -2.07. The minimum atomic E-state index is -2.89. The second-order valence-corrected chi connectivity index (χ2v) is 14.4. The van der Waals surface area contributed by atoms with Crippen molar-refractivity contribution >= 4 is 24.7 Å². The van der Waals surface area contributed by atoms with Gasteiger partial charge in [-0.25, -0.2) is 4.79 Å². The first-order chi connectivity index (χ1) is 15.9. The van der Waals surface area contributed by atoms with Gasteiger partial charge in [-0.05, 0) is 29.3 Å². The number of aliphatic hydroxyl groups excluding tert-OH is 2. The predicted molar refractivity (Wildman–Crippen MR) is 131 cm³/mol. The van der Waals surface area contributed by atoms with Crippen LogP contribution in [0.2, 0.25) is 5.04 Å². The highest BCUT2D eigenvalue weighted by Gasteiger charge is 2.53. The van der Waals surface area contributed by atoms with Gasteiger partial charge >= 0.3 is 5.97 Å². The molecule has 0 unspecified atom stereocenters. The molecule has 1 fully saturated rings. The fourth-order valence-electron chi connectivity index (χ4n) is 4.68. The summed E-state index contributed by atoms with van der Waals surface area (Å²) >= 11 is 0. The van der Waals surface area contributed by atoms with Gasteiger partial charge in [0.1, 0.15) is 18.3 Å². The van der Waals surface area contributed by atoms with E-state index in [1.54, 1.807) is 13.8 Å². The molecule has 4 atom stereocenters. The van der Waals surface area contributed by atoms with Gasteiger partial charge < -0.3 is 28.8 Å². The van der Waals surface area contributed by atoms with E-state index in [0.29, 0.717) is 0 Å². The number of hydrogen-bond acceptors (Lipinski definition) is 7. The fourth-order valence-corrected chi connectivity index (χ4v) is 9.26. The van der Waals surface area contributed by atoms with E-state index in [-0.39, 0.29) is 11.6 Å². The maximum atomic E-state index is 12.0. The summed E-state index contributed by atoms with van der Waals surface area (Å²) in [4.78, 5) is 12.0. The lowest BCUT2D eigenvalue weighted by atomic mass is 10.0. The molecule has 1 aliphatic rings. The van der Waals surface area contributed by atoms with Crippen LogP contribution in [-0.2, 0) is 23.4 Å². The zero-order valence-corrected chi connectivity index (χ0v) is 21.7. The number of aliphatic hydroxyl groups is 2. The van der Waals surface area contributed by atoms with E-state index >= 15 is 0 Å². The smallest absolute Gasteiger partial charge is 0.337 e. The van der Waals surface area contributed by atoms with E-state index in [9.17, 15) is 15.0 Å². The van der Waals surface area contributed by atoms with Crippen LogP contribution < -0.4 is 10.4 Å². The monoisotopic (exact) mass is 488 g/mol. The Balaban J connectivity index is 1.96. The lowest BCUT2D eigenvalue weighted by Crippen LogP contribution is -2.67. The third-order valence-corrected chi connectivity index (χ3v) is 11.2. The summed E-state index contributed by atoms with van der Waals surface area (Å²) in [6.07, 6.45) is -4.84. The van der Waals surface area contributed by atoms with E-state index in [0.717, 1.165) is 10.4 Å². The Bertz CT molecular complexity index is 903. The van der Waals surface area contributed by atoms with Crippen LogP contribution in [0.3, 0.4) is 0 Å². The van der Waals surface area contributed by atoms with E-state index in [4.69, 9.17) is 13.9 Å². The van der Waals surface area contributed by atoms with Gasteiger partial charge in [0.05, 0.1) is 13.7 Å². The standard InChI is InChI=1S/C26H36O7Si/c1-25(2,3)34(18-13-9-7-10-14-18,19-15-11-8-12-16-19)31-17-20(27)22-23(21(28)24(29)30-6)33-26(4,5)32-22/h7-16,20-23,27-28H,17H2,1-6H3/t20-,21-,22-,23-/m1/s1. The second kappa shape index (κ2) is 10.3. The fraction of sp³-hybridized carbons (Fsp3) is 0.500. The molecule has 2 aromatic rings. The van der Waals surface area contributed by atoms with Crippen LogP contribution >= 0.6 is 0 Å². The molecule has 0 saturated carbocycles. The van der Waals surface area contributed by atoms with Crippen LogP contribution in [0, 0.1) is 0 Å². The Labute approximate surface area is 202 Å². The third-order valence-electron chi connectivity index (χ3n) is 6.18. The number of ether oxygens (including phenoxy) is 3. The predicted octanol–water partition coefficient (Wildman–Crippen LogP) is 1.98. The van der Waals surface area contributed by atoms with E-state index in [1.165, 1.54) is 7.11 Å². The number of hydrogen-bond donors (Lipinski definition) is 2. The summed E-state index contributed by atoms with van der Waals surface area (Å²) in [5.74, 6) is -1.95. The Morgan fingerprint density at radius 2 is 1.44 bits per heavy atom. The van der Waals surface area contributed by atoms with Crippen molar-refractivity contribution in [2.45, 2.75) is 69.9 Å². The van der Waals surface area contributed by atoms with Crippen molar-refractivity contribution in [1.29, 1.82) is 0 Å². The molecular formula is C26H36O7Si. The van der Waals surface area contributed by atoms with Crippen molar-refractivity contribution in [3.63, 3.8) is 0 Å². The quantitative estimate of drug-likeness (QED) is 0.433. The van der Waals surface area contributed by atoms with Gasteiger partial charge in [0.25, 0.3) is 8.32 Å². The minimum Gasteiger partial charge on any atom is -0.467 e. The molecule has 1 heterocycles. The molecule has 0 aromatic heterocycles. The van der Waals surface area contributed by atoms with Crippen LogP contribution in [0.1, 0.15) is 34.6 Å². The highest BCUT2D eigenvalue weighted by Crippen LogP contribution is 2.38. The summed E-state index contributed by atoms with van der Waals surface area (Å²) in [7, 11) is -1.70. The number of carbonyl (C=O) groups is 1. The average molecular weight is 489 g/mol. The highest BCUT2D eigenvalue weighted by atomic mass is 28.4. The molecule has 0 amide bonds. The van der Waals surface area contributed by atoms with Gasteiger partial charge in [0.15, 0.2) is 11.9 Å². The molecule has 0 spiro atoms. The molecule has 3 rings (SSSR count). The van der Waals surface area contributed by atoms with Crippen molar-refractivity contribution in [1.82, 2.24) is 0 Å². The third kappa shape index (κ3) is 5.27. The molecule has 2 N–H and O–H groups in total. The molecule has 34 heavy (non-hydrogen) atoms. The number of rotatable bonds is 8. The molecule has 186 valence electrons. The van der Waals surface area contributed by atoms with Crippen LogP contribution in [0.25, 0.3) is 0 Å². The molecular weight excluding hydrogens is 452 g/mol. The maximum Gasteiger partial charge on any atom is 0.337 e. The summed E-state index contributed by atoms with van der Waals surface area (Å²) < 4.78 is 23.1. The van der Waals surface area contributed by atoms with Gasteiger partial charge in [0.2, 0.25) is 0 Å². The summed E-state index contributed by atoms with van der Waals surface area (Å²) in [5.41, 5.74) is 0. The first-order valence-corrected chi connectivity index (χ1v) is 13.4.